The van der Waals surface area contributed by atoms with Gasteiger partial charge in [0.25, 0.3) is 5.69 Å². The molecule has 2 unspecified atom stereocenters. The SMILES string of the molecule is CNc1ccc([N+](=O)[O-])c(S(=O)(=O)NCC(C)S(C)=O)c1. The second-order valence-electron chi connectivity index (χ2n) is 4.35. The summed E-state index contributed by atoms with van der Waals surface area (Å²) in [5.41, 5.74) is -0.0696. The number of nitro groups is 1. The van der Waals surface area contributed by atoms with E-state index >= 15 is 0 Å². The first-order chi connectivity index (χ1) is 9.69. The minimum absolute atomic E-state index is 0.0631. The number of nitrogens with zero attached hydrogens (tertiary/aromatic N) is 1. The van der Waals surface area contributed by atoms with Crippen LogP contribution in [0.2, 0.25) is 0 Å². The first-order valence-corrected chi connectivity index (χ1v) is 9.07. The molecule has 0 aliphatic heterocycles. The van der Waals surface area contributed by atoms with Gasteiger partial charge in [0.2, 0.25) is 10.0 Å². The van der Waals surface area contributed by atoms with Gasteiger partial charge in [0.1, 0.15) is 0 Å². The lowest BCUT2D eigenvalue weighted by Crippen LogP contribution is -2.33. The predicted molar refractivity (Wildman–Crippen MR) is 81.4 cm³/mol. The van der Waals surface area contributed by atoms with Crippen molar-refractivity contribution in [2.75, 3.05) is 25.2 Å². The molecule has 0 saturated carbocycles. The van der Waals surface area contributed by atoms with Crippen molar-refractivity contribution in [2.24, 2.45) is 0 Å². The minimum Gasteiger partial charge on any atom is -0.388 e. The molecule has 0 radical (unpaired) electrons. The van der Waals surface area contributed by atoms with Crippen molar-refractivity contribution in [1.29, 1.82) is 0 Å². The van der Waals surface area contributed by atoms with Crippen LogP contribution in [0.1, 0.15) is 6.92 Å². The van der Waals surface area contributed by atoms with Crippen LogP contribution in [0.4, 0.5) is 11.4 Å². The number of hydrogen-bond donors (Lipinski definition) is 2. The van der Waals surface area contributed by atoms with Crippen LogP contribution in [-0.4, -0.2) is 42.6 Å². The Morgan fingerprint density at radius 1 is 1.43 bits per heavy atom. The molecule has 118 valence electrons. The summed E-state index contributed by atoms with van der Waals surface area (Å²) < 4.78 is 37.9. The minimum atomic E-state index is -4.06. The van der Waals surface area contributed by atoms with Gasteiger partial charge in [0, 0.05) is 47.7 Å². The van der Waals surface area contributed by atoms with Crippen LogP contribution in [0.5, 0.6) is 0 Å². The molecule has 0 aliphatic carbocycles. The molecule has 0 bridgehead atoms. The van der Waals surface area contributed by atoms with Gasteiger partial charge in [-0.25, -0.2) is 13.1 Å². The molecule has 1 rings (SSSR count). The van der Waals surface area contributed by atoms with Gasteiger partial charge in [-0.3, -0.25) is 14.3 Å². The molecule has 8 nitrogen and oxygen atoms in total. The molecule has 0 saturated heterocycles. The van der Waals surface area contributed by atoms with Crippen LogP contribution in [0.3, 0.4) is 0 Å². The predicted octanol–water partition coefficient (Wildman–Crippen LogP) is 0.682. The molecule has 10 heteroatoms. The zero-order valence-electron chi connectivity index (χ0n) is 11.8. The van der Waals surface area contributed by atoms with Gasteiger partial charge in [-0.2, -0.15) is 0 Å². The Balaban J connectivity index is 3.17. The third-order valence-corrected chi connectivity index (χ3v) is 5.61. The van der Waals surface area contributed by atoms with E-state index < -0.39 is 41.6 Å². The average Bonchev–Trinajstić information content (AvgIpc) is 2.43. The van der Waals surface area contributed by atoms with Crippen molar-refractivity contribution in [3.05, 3.63) is 28.3 Å². The summed E-state index contributed by atoms with van der Waals surface area (Å²) >= 11 is 0. The molecular weight excluding hydrogens is 318 g/mol. The normalized spacial score (nSPS) is 14.4. The molecule has 21 heavy (non-hydrogen) atoms. The highest BCUT2D eigenvalue weighted by atomic mass is 32.2. The van der Waals surface area contributed by atoms with E-state index in [2.05, 4.69) is 10.0 Å². The number of rotatable bonds is 7. The van der Waals surface area contributed by atoms with E-state index in [-0.39, 0.29) is 6.54 Å². The molecular formula is C11H17N3O5S2. The molecule has 0 heterocycles. The van der Waals surface area contributed by atoms with Gasteiger partial charge in [0.15, 0.2) is 4.90 Å². The van der Waals surface area contributed by atoms with E-state index in [0.29, 0.717) is 5.69 Å². The quantitative estimate of drug-likeness (QED) is 0.559. The summed E-state index contributed by atoms with van der Waals surface area (Å²) in [4.78, 5) is 9.78. The summed E-state index contributed by atoms with van der Waals surface area (Å²) in [5, 5.41) is 13.3. The van der Waals surface area contributed by atoms with Crippen LogP contribution >= 0.6 is 0 Å². The van der Waals surface area contributed by atoms with E-state index in [9.17, 15) is 22.7 Å². The second kappa shape index (κ2) is 6.96. The number of anilines is 1. The molecule has 0 aliphatic rings. The Kier molecular flexibility index (Phi) is 5.81. The van der Waals surface area contributed by atoms with Crippen LogP contribution in [0.25, 0.3) is 0 Å². The van der Waals surface area contributed by atoms with Gasteiger partial charge < -0.3 is 5.32 Å². The van der Waals surface area contributed by atoms with Gasteiger partial charge in [-0.1, -0.05) is 0 Å². The molecule has 2 atom stereocenters. The summed E-state index contributed by atoms with van der Waals surface area (Å²) in [6, 6.07) is 3.73. The topological polar surface area (TPSA) is 118 Å². The number of hydrogen-bond acceptors (Lipinski definition) is 6. The largest absolute Gasteiger partial charge is 0.388 e. The highest BCUT2D eigenvalue weighted by Crippen LogP contribution is 2.26. The number of nitrogens with one attached hydrogen (secondary N) is 2. The van der Waals surface area contributed by atoms with E-state index in [1.54, 1.807) is 14.0 Å². The fourth-order valence-electron chi connectivity index (χ4n) is 1.46. The third-order valence-electron chi connectivity index (χ3n) is 2.86. The van der Waals surface area contributed by atoms with Crippen molar-refractivity contribution in [1.82, 2.24) is 4.72 Å². The second-order valence-corrected chi connectivity index (χ2v) is 7.89. The zero-order chi connectivity index (χ0) is 16.2. The van der Waals surface area contributed by atoms with Gasteiger partial charge in [-0.05, 0) is 19.1 Å². The van der Waals surface area contributed by atoms with Crippen LogP contribution in [0, 0.1) is 10.1 Å². The molecule has 0 spiro atoms. The number of sulfonamides is 1. The lowest BCUT2D eigenvalue weighted by Gasteiger charge is -2.11. The molecule has 2 N–H and O–H groups in total. The average molecular weight is 335 g/mol. The number of nitro benzene ring substituents is 1. The lowest BCUT2D eigenvalue weighted by molar-refractivity contribution is -0.387. The smallest absolute Gasteiger partial charge is 0.289 e. The van der Waals surface area contributed by atoms with Crippen molar-refractivity contribution in [3.63, 3.8) is 0 Å². The lowest BCUT2D eigenvalue weighted by atomic mass is 10.3. The van der Waals surface area contributed by atoms with Crippen LogP contribution in [0.15, 0.2) is 23.1 Å². The van der Waals surface area contributed by atoms with E-state index in [0.717, 1.165) is 6.07 Å². The first kappa shape index (κ1) is 17.5. The summed E-state index contributed by atoms with van der Waals surface area (Å²) in [7, 11) is -3.68. The Morgan fingerprint density at radius 2 is 2.05 bits per heavy atom. The maximum Gasteiger partial charge on any atom is 0.289 e. The van der Waals surface area contributed by atoms with Crippen molar-refractivity contribution < 1.29 is 17.6 Å². The Hall–Kier alpha value is -1.52. The fourth-order valence-corrected chi connectivity index (χ4v) is 3.21. The molecule has 1 aromatic rings. The summed E-state index contributed by atoms with van der Waals surface area (Å²) in [6.45, 7) is 1.56. The molecule has 0 fully saturated rings. The van der Waals surface area contributed by atoms with Crippen molar-refractivity contribution >= 4 is 32.2 Å². The standard InChI is InChI=1S/C11H17N3O5S2/c1-8(20(3)17)7-13-21(18,19)11-6-9(12-2)4-5-10(11)14(15)16/h4-6,8,12-13H,7H2,1-3H3. The van der Waals surface area contributed by atoms with Gasteiger partial charge >= 0.3 is 0 Å². The van der Waals surface area contributed by atoms with Crippen LogP contribution < -0.4 is 10.0 Å². The van der Waals surface area contributed by atoms with Gasteiger partial charge in [-0.15, -0.1) is 0 Å². The van der Waals surface area contributed by atoms with E-state index in [1.807, 2.05) is 0 Å². The number of benzene rings is 1. The van der Waals surface area contributed by atoms with Crippen molar-refractivity contribution in [3.8, 4) is 0 Å². The highest BCUT2D eigenvalue weighted by molar-refractivity contribution is 7.89. The summed E-state index contributed by atoms with van der Waals surface area (Å²) in [5.74, 6) is 0. The third kappa shape index (κ3) is 4.48. The monoisotopic (exact) mass is 335 g/mol. The molecule has 0 aromatic heterocycles. The van der Waals surface area contributed by atoms with E-state index in [1.165, 1.54) is 18.4 Å². The fraction of sp³-hybridized carbons (Fsp3) is 0.455. The maximum atomic E-state index is 12.2. The summed E-state index contributed by atoms with van der Waals surface area (Å²) in [6.07, 6.45) is 1.46. The van der Waals surface area contributed by atoms with Crippen molar-refractivity contribution in [2.45, 2.75) is 17.1 Å². The zero-order valence-corrected chi connectivity index (χ0v) is 13.5. The van der Waals surface area contributed by atoms with Crippen LogP contribution in [-0.2, 0) is 20.8 Å². The Bertz CT molecular complexity index is 660. The molecule has 0 amide bonds. The Morgan fingerprint density at radius 3 is 2.52 bits per heavy atom. The highest BCUT2D eigenvalue weighted by Gasteiger charge is 2.26. The Labute approximate surface area is 125 Å². The molecule has 1 aromatic carbocycles. The maximum absolute atomic E-state index is 12.2. The first-order valence-electron chi connectivity index (χ1n) is 5.97. The van der Waals surface area contributed by atoms with E-state index in [4.69, 9.17) is 0 Å². The van der Waals surface area contributed by atoms with Gasteiger partial charge in [0.05, 0.1) is 4.92 Å².